The largest absolute Gasteiger partial charge is 0.356 e. The second-order valence-electron chi connectivity index (χ2n) is 11.5. The molecule has 0 spiro atoms. The van der Waals surface area contributed by atoms with Crippen molar-refractivity contribution in [3.8, 4) is 0 Å². The number of hydrogen-bond donors (Lipinski definition) is 1. The van der Waals surface area contributed by atoms with Gasteiger partial charge in [-0.1, -0.05) is 42.3 Å². The number of rotatable bonds is 6. The molecular weight excluding hydrogens is 465 g/mol. The molecule has 0 bridgehead atoms. The first-order chi connectivity index (χ1) is 18.1. The fourth-order valence-electron chi connectivity index (χ4n) is 7.04. The Morgan fingerprint density at radius 2 is 1.78 bits per heavy atom. The minimum absolute atomic E-state index is 0.111. The van der Waals surface area contributed by atoms with E-state index < -0.39 is 0 Å². The number of nitrogens with one attached hydrogen (secondary N) is 1. The van der Waals surface area contributed by atoms with Crippen LogP contribution in [0.3, 0.4) is 0 Å². The average molecular weight is 504 g/mol. The van der Waals surface area contributed by atoms with Crippen molar-refractivity contribution in [3.05, 3.63) is 65.1 Å². The van der Waals surface area contributed by atoms with Gasteiger partial charge < -0.3 is 14.7 Å². The smallest absolute Gasteiger partial charge is 0.223 e. The van der Waals surface area contributed by atoms with E-state index in [0.717, 1.165) is 69.4 Å². The van der Waals surface area contributed by atoms with Crippen LogP contribution >= 0.6 is 0 Å². The third kappa shape index (κ3) is 5.45. The van der Waals surface area contributed by atoms with Crippen molar-refractivity contribution < 1.29 is 13.7 Å². The van der Waals surface area contributed by atoms with Crippen LogP contribution in [-0.4, -0.2) is 42.1 Å². The summed E-state index contributed by atoms with van der Waals surface area (Å²) in [7, 11) is 0. The van der Waals surface area contributed by atoms with Crippen LogP contribution in [0.15, 0.2) is 47.0 Å². The van der Waals surface area contributed by atoms with Gasteiger partial charge in [-0.15, -0.1) is 0 Å². The second kappa shape index (κ2) is 10.9. The van der Waals surface area contributed by atoms with E-state index in [4.69, 9.17) is 4.52 Å². The quantitative estimate of drug-likeness (QED) is 0.457. The molecule has 2 aromatic carbocycles. The van der Waals surface area contributed by atoms with Gasteiger partial charge in [0, 0.05) is 36.4 Å². The molecular formula is C31H38FN3O2. The van der Waals surface area contributed by atoms with Crippen LogP contribution in [0.5, 0.6) is 0 Å². The summed E-state index contributed by atoms with van der Waals surface area (Å²) in [5, 5.41) is 8.62. The van der Waals surface area contributed by atoms with Gasteiger partial charge in [0.25, 0.3) is 0 Å². The Labute approximate surface area is 218 Å². The molecule has 2 aliphatic carbocycles. The van der Waals surface area contributed by atoms with Gasteiger partial charge in [0.1, 0.15) is 5.82 Å². The van der Waals surface area contributed by atoms with Crippen molar-refractivity contribution in [2.45, 2.75) is 63.7 Å². The van der Waals surface area contributed by atoms with Crippen molar-refractivity contribution in [3.63, 3.8) is 0 Å². The fourth-order valence-corrected chi connectivity index (χ4v) is 7.04. The first-order valence-electron chi connectivity index (χ1n) is 14.3. The fraction of sp³-hybridized carbons (Fsp3) is 0.548. The first kappa shape index (κ1) is 24.6. The van der Waals surface area contributed by atoms with E-state index in [1.54, 1.807) is 6.07 Å². The molecule has 1 aliphatic heterocycles. The molecule has 1 aromatic heterocycles. The Balaban J connectivity index is 1.00. The number of amides is 1. The molecule has 1 unspecified atom stereocenters. The van der Waals surface area contributed by atoms with Crippen LogP contribution in [0.2, 0.25) is 0 Å². The van der Waals surface area contributed by atoms with E-state index in [9.17, 15) is 9.18 Å². The van der Waals surface area contributed by atoms with Gasteiger partial charge in [-0.2, -0.15) is 0 Å². The number of benzene rings is 2. The molecule has 1 saturated carbocycles. The lowest BCUT2D eigenvalue weighted by Crippen LogP contribution is -2.43. The molecule has 6 heteroatoms. The monoisotopic (exact) mass is 503 g/mol. The molecule has 3 atom stereocenters. The first-order valence-corrected chi connectivity index (χ1v) is 14.3. The van der Waals surface area contributed by atoms with E-state index in [1.165, 1.54) is 48.9 Å². The number of fused-ring (bicyclic) bond motifs is 2. The number of halogens is 1. The summed E-state index contributed by atoms with van der Waals surface area (Å²) >= 11 is 0. The third-order valence-corrected chi connectivity index (χ3v) is 9.25. The van der Waals surface area contributed by atoms with Crippen LogP contribution in [-0.2, 0) is 17.6 Å². The maximum Gasteiger partial charge on any atom is 0.223 e. The van der Waals surface area contributed by atoms with Gasteiger partial charge in [0.05, 0.1) is 5.69 Å². The molecule has 2 heterocycles. The maximum absolute atomic E-state index is 13.5. The summed E-state index contributed by atoms with van der Waals surface area (Å²) in [6.07, 6.45) is 10.0. The predicted octanol–water partition coefficient (Wildman–Crippen LogP) is 5.87. The Hall–Kier alpha value is -2.73. The minimum Gasteiger partial charge on any atom is -0.356 e. The van der Waals surface area contributed by atoms with Crippen molar-refractivity contribution in [2.24, 2.45) is 17.8 Å². The van der Waals surface area contributed by atoms with Gasteiger partial charge >= 0.3 is 0 Å². The molecule has 0 radical (unpaired) electrons. The summed E-state index contributed by atoms with van der Waals surface area (Å²) in [4.78, 5) is 15.7. The standard InChI is InChI=1S/C31H38FN3O2/c32-27-11-12-28-29(18-27)37-34-30(28)22-13-15-35(16-14-22)20-26-8-4-3-7-25(26)19-33-31(36)24-10-9-21-5-1-2-6-23(21)17-24/h1-2,5-6,11-12,18,22,24-26H,3-4,7-10,13-17,19-20H2,(H,33,36)/t24?,25-,26-/m0/s1. The van der Waals surface area contributed by atoms with Gasteiger partial charge in [-0.25, -0.2) is 4.39 Å². The lowest BCUT2D eigenvalue weighted by Gasteiger charge is -2.38. The number of hydrogen-bond acceptors (Lipinski definition) is 4. The van der Waals surface area contributed by atoms with Crippen molar-refractivity contribution >= 4 is 16.9 Å². The Morgan fingerprint density at radius 3 is 2.62 bits per heavy atom. The van der Waals surface area contributed by atoms with Gasteiger partial charge in [-0.3, -0.25) is 4.79 Å². The van der Waals surface area contributed by atoms with Crippen LogP contribution in [0.1, 0.15) is 67.7 Å². The number of likely N-dealkylation sites (tertiary alicyclic amines) is 1. The highest BCUT2D eigenvalue weighted by Crippen LogP contribution is 2.35. The van der Waals surface area contributed by atoms with Crippen molar-refractivity contribution in [1.82, 2.24) is 15.4 Å². The van der Waals surface area contributed by atoms with Crippen LogP contribution in [0.4, 0.5) is 4.39 Å². The Bertz CT molecular complexity index is 1230. The summed E-state index contributed by atoms with van der Waals surface area (Å²) in [5.41, 5.74) is 4.28. The number of carbonyl (C=O) groups excluding carboxylic acids is 1. The van der Waals surface area contributed by atoms with Gasteiger partial charge in [-0.05, 0) is 93.1 Å². The van der Waals surface area contributed by atoms with E-state index in [0.29, 0.717) is 23.3 Å². The number of carbonyl (C=O) groups is 1. The summed E-state index contributed by atoms with van der Waals surface area (Å²) in [5.74, 6) is 1.66. The average Bonchev–Trinajstić information content (AvgIpc) is 3.35. The zero-order valence-corrected chi connectivity index (χ0v) is 21.6. The maximum atomic E-state index is 13.5. The zero-order valence-electron chi connectivity index (χ0n) is 21.6. The van der Waals surface area contributed by atoms with Crippen molar-refractivity contribution in [2.75, 3.05) is 26.2 Å². The highest BCUT2D eigenvalue weighted by Gasteiger charge is 2.31. The lowest BCUT2D eigenvalue weighted by atomic mass is 9.78. The molecule has 3 aromatic rings. The summed E-state index contributed by atoms with van der Waals surface area (Å²) in [6.45, 7) is 4.04. The SMILES string of the molecule is O=C(NC[C@@H]1CCCC[C@H]1CN1CCC(c2noc3cc(F)ccc23)CC1)C1CCc2ccccc2C1. The van der Waals surface area contributed by atoms with Gasteiger partial charge in [0.15, 0.2) is 5.58 Å². The zero-order chi connectivity index (χ0) is 25.2. The molecule has 1 amide bonds. The van der Waals surface area contributed by atoms with Crippen LogP contribution < -0.4 is 5.32 Å². The Kier molecular flexibility index (Phi) is 7.27. The molecule has 5 nitrogen and oxygen atoms in total. The molecule has 1 N–H and O–H groups in total. The van der Waals surface area contributed by atoms with Crippen LogP contribution in [0.25, 0.3) is 11.0 Å². The normalized spacial score (nSPS) is 25.2. The van der Waals surface area contributed by atoms with E-state index >= 15 is 0 Å². The highest BCUT2D eigenvalue weighted by molar-refractivity contribution is 5.80. The number of nitrogens with zero attached hydrogens (tertiary/aromatic N) is 2. The predicted molar refractivity (Wildman–Crippen MR) is 143 cm³/mol. The number of piperidine rings is 1. The number of aryl methyl sites for hydroxylation is 1. The second-order valence-corrected chi connectivity index (χ2v) is 11.5. The summed E-state index contributed by atoms with van der Waals surface area (Å²) < 4.78 is 18.9. The van der Waals surface area contributed by atoms with E-state index in [-0.39, 0.29) is 17.6 Å². The van der Waals surface area contributed by atoms with E-state index in [1.807, 2.05) is 0 Å². The van der Waals surface area contributed by atoms with E-state index in [2.05, 4.69) is 39.6 Å². The molecule has 196 valence electrons. The molecule has 37 heavy (non-hydrogen) atoms. The number of aromatic nitrogens is 1. The van der Waals surface area contributed by atoms with Crippen molar-refractivity contribution in [1.29, 1.82) is 0 Å². The molecule has 2 fully saturated rings. The summed E-state index contributed by atoms with van der Waals surface area (Å²) in [6, 6.07) is 13.3. The lowest BCUT2D eigenvalue weighted by molar-refractivity contribution is -0.125. The topological polar surface area (TPSA) is 58.4 Å². The minimum atomic E-state index is -0.285. The third-order valence-electron chi connectivity index (χ3n) is 9.25. The van der Waals surface area contributed by atoms with Crippen LogP contribution in [0, 0.1) is 23.6 Å². The molecule has 1 saturated heterocycles. The molecule has 3 aliphatic rings. The van der Waals surface area contributed by atoms with Gasteiger partial charge in [0.2, 0.25) is 5.91 Å². The highest BCUT2D eigenvalue weighted by atomic mass is 19.1. The molecule has 6 rings (SSSR count). The Morgan fingerprint density at radius 1 is 1.00 bits per heavy atom.